The molecule has 8 heteroatoms. The highest BCUT2D eigenvalue weighted by molar-refractivity contribution is 8.19. The summed E-state index contributed by atoms with van der Waals surface area (Å²) < 4.78 is 3.29. The molecule has 0 saturated carbocycles. The Hall–Kier alpha value is -4.43. The van der Waals surface area contributed by atoms with Gasteiger partial charge in [0.05, 0.1) is 22.5 Å². The molecule has 1 aliphatic rings. The number of benzene rings is 3. The summed E-state index contributed by atoms with van der Waals surface area (Å²) in [4.78, 5) is 29.2. The van der Waals surface area contributed by atoms with E-state index in [1.54, 1.807) is 28.7 Å². The maximum Gasteiger partial charge on any atom is 0.296 e. The van der Waals surface area contributed by atoms with Crippen LogP contribution in [0.2, 0.25) is 0 Å². The molecule has 0 radical (unpaired) electrons. The zero-order valence-electron chi connectivity index (χ0n) is 19.8. The number of carbonyl (C=O) groups excluding carboxylic acids is 1. The van der Waals surface area contributed by atoms with Crippen LogP contribution in [0.3, 0.4) is 0 Å². The van der Waals surface area contributed by atoms with Crippen molar-refractivity contribution in [2.24, 2.45) is 17.3 Å². The third kappa shape index (κ3) is 4.46. The fraction of sp³-hybridized carbons (Fsp3) is 0.0714. The molecule has 4 aromatic rings. The first-order valence-corrected chi connectivity index (χ1v) is 12.2. The van der Waals surface area contributed by atoms with Gasteiger partial charge in [0.25, 0.3) is 11.5 Å². The second-order valence-corrected chi connectivity index (χ2v) is 9.12. The summed E-state index contributed by atoms with van der Waals surface area (Å²) in [6.07, 6.45) is 3.42. The topological polar surface area (TPSA) is 72.0 Å². The van der Waals surface area contributed by atoms with Crippen molar-refractivity contribution in [3.63, 3.8) is 0 Å². The highest BCUT2D eigenvalue weighted by Gasteiger charge is 2.39. The summed E-state index contributed by atoms with van der Waals surface area (Å²) in [5.41, 5.74) is 3.05. The number of anilines is 1. The van der Waals surface area contributed by atoms with Crippen molar-refractivity contribution in [1.29, 1.82) is 0 Å². The molecule has 1 saturated heterocycles. The van der Waals surface area contributed by atoms with E-state index >= 15 is 0 Å². The van der Waals surface area contributed by atoms with E-state index in [4.69, 9.17) is 0 Å². The number of amides is 1. The molecule has 5 rings (SSSR count). The minimum atomic E-state index is -0.316. The van der Waals surface area contributed by atoms with Gasteiger partial charge in [0.1, 0.15) is 5.69 Å². The Kier molecular flexibility index (Phi) is 6.51. The van der Waals surface area contributed by atoms with E-state index < -0.39 is 0 Å². The summed E-state index contributed by atoms with van der Waals surface area (Å²) in [7, 11) is 1.80. The van der Waals surface area contributed by atoms with Crippen LogP contribution in [-0.4, -0.2) is 26.7 Å². The second-order valence-electron chi connectivity index (χ2n) is 8.11. The van der Waals surface area contributed by atoms with Crippen LogP contribution in [0.4, 0.5) is 5.69 Å². The minimum absolute atomic E-state index is 0.254. The molecule has 0 unspecified atom stereocenters. The van der Waals surface area contributed by atoms with Crippen molar-refractivity contribution < 1.29 is 4.79 Å². The number of carbonyl (C=O) groups is 1. The highest BCUT2D eigenvalue weighted by atomic mass is 32.2. The van der Waals surface area contributed by atoms with Gasteiger partial charge in [0.15, 0.2) is 0 Å². The van der Waals surface area contributed by atoms with E-state index in [9.17, 15) is 9.59 Å². The van der Waals surface area contributed by atoms with Crippen molar-refractivity contribution >= 4 is 40.8 Å². The quantitative estimate of drug-likeness (QED) is 0.223. The number of nitrogens with zero attached hydrogens (tertiary/aromatic N) is 5. The molecule has 36 heavy (non-hydrogen) atoms. The van der Waals surface area contributed by atoms with E-state index in [1.807, 2.05) is 97.9 Å². The molecule has 0 atom stereocenters. The lowest BCUT2D eigenvalue weighted by atomic mass is 10.2. The van der Waals surface area contributed by atoms with Gasteiger partial charge in [0, 0.05) is 7.05 Å². The molecule has 3 aromatic carbocycles. The van der Waals surface area contributed by atoms with Crippen molar-refractivity contribution in [3.05, 3.63) is 123 Å². The lowest BCUT2D eigenvalue weighted by molar-refractivity contribution is -0.113. The molecule has 1 aliphatic heterocycles. The molecule has 0 aliphatic carbocycles. The number of aromatic nitrogens is 2. The molecule has 0 bridgehead atoms. The smallest absolute Gasteiger partial charge is 0.283 e. The standard InChI is InChI=1S/C28H23N5O2S/c1-20-25(27(35)33(31(20)2)23-16-10-5-11-17-23)32-26(34)24(18-21-12-6-3-7-13-21)36-28(32)30-29-19-22-14-8-4-9-15-22/h3-19H,1-2H3. The van der Waals surface area contributed by atoms with Crippen LogP contribution in [0.1, 0.15) is 16.8 Å². The van der Waals surface area contributed by atoms with Crippen LogP contribution in [0.5, 0.6) is 0 Å². The van der Waals surface area contributed by atoms with Gasteiger partial charge in [-0.25, -0.2) is 9.58 Å². The van der Waals surface area contributed by atoms with Gasteiger partial charge in [-0.2, -0.15) is 5.10 Å². The molecular formula is C28H23N5O2S. The number of para-hydroxylation sites is 1. The third-order valence-corrected chi connectivity index (χ3v) is 6.76. The average molecular weight is 494 g/mol. The third-order valence-electron chi connectivity index (χ3n) is 5.80. The van der Waals surface area contributed by atoms with Crippen molar-refractivity contribution in [1.82, 2.24) is 9.36 Å². The SMILES string of the molecule is Cc1c(N2C(=O)C(=Cc3ccccc3)SC2=NN=Cc2ccccc2)c(=O)n(-c2ccccc2)n1C. The fourth-order valence-electron chi connectivity index (χ4n) is 3.93. The van der Waals surface area contributed by atoms with Crippen molar-refractivity contribution in [2.75, 3.05) is 4.90 Å². The highest BCUT2D eigenvalue weighted by Crippen LogP contribution is 2.36. The molecule has 178 valence electrons. The molecule has 1 aromatic heterocycles. The number of hydrogen-bond donors (Lipinski definition) is 0. The van der Waals surface area contributed by atoms with Crippen molar-refractivity contribution in [3.8, 4) is 5.69 Å². The molecule has 1 amide bonds. The molecule has 7 nitrogen and oxygen atoms in total. The zero-order valence-corrected chi connectivity index (χ0v) is 20.6. The Bertz CT molecular complexity index is 1550. The number of rotatable bonds is 5. The summed E-state index contributed by atoms with van der Waals surface area (Å²) in [5, 5.41) is 8.92. The largest absolute Gasteiger partial charge is 0.296 e. The number of hydrogen-bond acceptors (Lipinski definition) is 5. The number of thioether (sulfide) groups is 1. The molecule has 2 heterocycles. The summed E-state index contributed by atoms with van der Waals surface area (Å²) in [5.74, 6) is -0.316. The van der Waals surface area contributed by atoms with E-state index in [-0.39, 0.29) is 17.2 Å². The first-order chi connectivity index (χ1) is 17.5. The summed E-state index contributed by atoms with van der Waals surface area (Å²) >= 11 is 1.20. The van der Waals surface area contributed by atoms with E-state index in [1.165, 1.54) is 16.7 Å². The summed E-state index contributed by atoms with van der Waals surface area (Å²) in [6.45, 7) is 1.82. The Morgan fingerprint density at radius 2 is 1.39 bits per heavy atom. The van der Waals surface area contributed by atoms with E-state index in [0.717, 1.165) is 11.1 Å². The molecule has 0 N–H and O–H groups in total. The average Bonchev–Trinajstić information content (AvgIpc) is 3.31. The van der Waals surface area contributed by atoms with Gasteiger partial charge in [-0.1, -0.05) is 78.9 Å². The van der Waals surface area contributed by atoms with Gasteiger partial charge >= 0.3 is 0 Å². The van der Waals surface area contributed by atoms with E-state index in [0.29, 0.717) is 21.5 Å². The zero-order chi connectivity index (χ0) is 25.1. The lowest BCUT2D eigenvalue weighted by Crippen LogP contribution is -2.33. The predicted octanol–water partition coefficient (Wildman–Crippen LogP) is 5.00. The Labute approximate surface area is 212 Å². The molecule has 1 fully saturated rings. The van der Waals surface area contributed by atoms with Crippen LogP contribution in [0, 0.1) is 6.92 Å². The Balaban J connectivity index is 1.62. The lowest BCUT2D eigenvalue weighted by Gasteiger charge is -2.12. The van der Waals surface area contributed by atoms with Crippen LogP contribution < -0.4 is 10.5 Å². The predicted molar refractivity (Wildman–Crippen MR) is 147 cm³/mol. The maximum absolute atomic E-state index is 13.7. The minimum Gasteiger partial charge on any atom is -0.283 e. The van der Waals surface area contributed by atoms with Gasteiger partial charge < -0.3 is 0 Å². The second kappa shape index (κ2) is 10.1. The Morgan fingerprint density at radius 1 is 0.806 bits per heavy atom. The fourth-order valence-corrected chi connectivity index (χ4v) is 4.86. The van der Waals surface area contributed by atoms with Crippen LogP contribution >= 0.6 is 11.8 Å². The Morgan fingerprint density at radius 3 is 2.03 bits per heavy atom. The molecule has 0 spiro atoms. The maximum atomic E-state index is 13.7. The van der Waals surface area contributed by atoms with Gasteiger partial charge in [0.2, 0.25) is 5.17 Å². The van der Waals surface area contributed by atoms with E-state index in [2.05, 4.69) is 10.2 Å². The van der Waals surface area contributed by atoms with Crippen molar-refractivity contribution in [2.45, 2.75) is 6.92 Å². The van der Waals surface area contributed by atoms with Gasteiger partial charge in [-0.15, -0.1) is 5.10 Å². The number of amidine groups is 1. The normalized spacial score (nSPS) is 16.1. The summed E-state index contributed by atoms with van der Waals surface area (Å²) in [6, 6.07) is 28.5. The first-order valence-electron chi connectivity index (χ1n) is 11.3. The van der Waals surface area contributed by atoms with Gasteiger partial charge in [-0.3, -0.25) is 14.3 Å². The first kappa shape index (κ1) is 23.3. The molecular weight excluding hydrogens is 470 g/mol. The van der Waals surface area contributed by atoms with Crippen LogP contribution in [0.15, 0.2) is 111 Å². The van der Waals surface area contributed by atoms with Crippen LogP contribution in [0.25, 0.3) is 11.8 Å². The monoisotopic (exact) mass is 493 g/mol. The van der Waals surface area contributed by atoms with Crippen LogP contribution in [-0.2, 0) is 11.8 Å². The van der Waals surface area contributed by atoms with Gasteiger partial charge in [-0.05, 0) is 48.0 Å².